The zero-order chi connectivity index (χ0) is 17.9. The van der Waals surface area contributed by atoms with Crippen LogP contribution in [0.4, 0.5) is 0 Å². The van der Waals surface area contributed by atoms with Crippen molar-refractivity contribution in [2.75, 3.05) is 6.54 Å². The van der Waals surface area contributed by atoms with Gasteiger partial charge in [-0.2, -0.15) is 0 Å². The number of carbonyl (C=O) groups excluding carboxylic acids is 2. The summed E-state index contributed by atoms with van der Waals surface area (Å²) >= 11 is 0. The van der Waals surface area contributed by atoms with Gasteiger partial charge in [-0.05, 0) is 32.1 Å². The van der Waals surface area contributed by atoms with Gasteiger partial charge in [-0.25, -0.2) is 0 Å². The molecule has 0 aromatic heterocycles. The normalized spacial score (nSPS) is 10.6. The van der Waals surface area contributed by atoms with Crippen molar-refractivity contribution in [3.63, 3.8) is 0 Å². The maximum atomic E-state index is 11.3. The second-order valence-corrected chi connectivity index (χ2v) is 6.48. The van der Waals surface area contributed by atoms with E-state index in [1.54, 1.807) is 0 Å². The summed E-state index contributed by atoms with van der Waals surface area (Å²) < 4.78 is 0. The molecule has 0 fully saturated rings. The summed E-state index contributed by atoms with van der Waals surface area (Å²) in [4.78, 5) is 21.5. The quantitative estimate of drug-likeness (QED) is 0.233. The van der Waals surface area contributed by atoms with E-state index in [-0.39, 0.29) is 63.8 Å². The first-order chi connectivity index (χ1) is 11.7. The van der Waals surface area contributed by atoms with Crippen LogP contribution in [-0.4, -0.2) is 18.4 Å². The van der Waals surface area contributed by atoms with E-state index in [0.29, 0.717) is 6.42 Å². The van der Waals surface area contributed by atoms with Gasteiger partial charge in [0.1, 0.15) is 0 Å². The van der Waals surface area contributed by atoms with Crippen LogP contribution in [0.5, 0.6) is 0 Å². The Morgan fingerprint density at radius 3 is 1.80 bits per heavy atom. The van der Waals surface area contributed by atoms with Gasteiger partial charge in [0.25, 0.3) is 0 Å². The predicted octanol–water partition coefficient (Wildman–Crippen LogP) is 0.894. The number of carbonyl (C=O) groups is 2. The van der Waals surface area contributed by atoms with Gasteiger partial charge in [-0.3, -0.25) is 4.79 Å². The number of rotatable bonds is 17. The van der Waals surface area contributed by atoms with E-state index in [0.717, 1.165) is 25.7 Å². The van der Waals surface area contributed by atoms with Gasteiger partial charge in [0.2, 0.25) is 5.91 Å². The number of hydrogen-bond acceptors (Lipinski definition) is 3. The van der Waals surface area contributed by atoms with Crippen LogP contribution in [0.2, 0.25) is 0 Å². The Labute approximate surface area is 197 Å². The topological polar surface area (TPSA) is 69.2 Å². The fourth-order valence-corrected chi connectivity index (χ4v) is 2.62. The Kier molecular flexibility index (Phi) is 24.6. The Hall–Kier alpha value is 0.316. The van der Waals surface area contributed by atoms with Crippen LogP contribution in [0.1, 0.15) is 96.8 Å². The van der Waals surface area contributed by atoms with Crippen molar-refractivity contribution in [3.8, 4) is 0 Å². The summed E-state index contributed by atoms with van der Waals surface area (Å²) in [5.74, 6) is -1.44. The molecule has 0 rings (SSSR count). The zero-order valence-corrected chi connectivity index (χ0v) is 19.6. The van der Waals surface area contributed by atoms with E-state index >= 15 is 0 Å². The number of aliphatic carboxylic acids is 1. The maximum Gasteiger partial charge on any atom is 1.00 e. The SMILES string of the molecule is CCCCCCCC/C=C\CCCCCCCC(=O)NCC(=O)[O-].[K+]. The molecule has 0 aromatic carbocycles. The van der Waals surface area contributed by atoms with Gasteiger partial charge in [-0.1, -0.05) is 70.4 Å². The van der Waals surface area contributed by atoms with Crippen LogP contribution < -0.4 is 61.8 Å². The molecule has 0 atom stereocenters. The Morgan fingerprint density at radius 2 is 1.28 bits per heavy atom. The largest absolute Gasteiger partial charge is 1.00 e. The van der Waals surface area contributed by atoms with Gasteiger partial charge >= 0.3 is 51.4 Å². The number of carboxylic acid groups (broad SMARTS) is 1. The Morgan fingerprint density at radius 1 is 0.800 bits per heavy atom. The molecule has 0 aromatic rings. The summed E-state index contributed by atoms with van der Waals surface area (Å²) in [6.45, 7) is 1.86. The Balaban J connectivity index is 0. The van der Waals surface area contributed by atoms with Gasteiger partial charge in [0, 0.05) is 6.42 Å². The number of amides is 1. The molecule has 5 heteroatoms. The molecule has 0 radical (unpaired) electrons. The molecular formula is C20H36KNO3. The molecule has 0 heterocycles. The van der Waals surface area contributed by atoms with Crippen LogP contribution in [0, 0.1) is 0 Å². The minimum absolute atomic E-state index is 0. The summed E-state index contributed by atoms with van der Waals surface area (Å²) in [7, 11) is 0. The standard InChI is InChI=1S/C20H37NO3.K/c1-2-3-4-5-6-7-8-9-10-11-12-13-14-15-16-17-19(22)21-18-20(23)24;/h9-10H,2-8,11-18H2,1H3,(H,21,22)(H,23,24);/q;+1/p-1/b10-9-;. The van der Waals surface area contributed by atoms with Crippen molar-refractivity contribution in [2.45, 2.75) is 96.8 Å². The Bertz CT molecular complexity index is 346. The summed E-state index contributed by atoms with van der Waals surface area (Å²) in [6, 6.07) is 0. The molecule has 0 aliphatic heterocycles. The molecule has 0 bridgehead atoms. The van der Waals surface area contributed by atoms with E-state index in [9.17, 15) is 14.7 Å². The van der Waals surface area contributed by atoms with Gasteiger partial charge < -0.3 is 15.2 Å². The van der Waals surface area contributed by atoms with Gasteiger partial charge in [0.05, 0.1) is 12.5 Å². The summed E-state index contributed by atoms with van der Waals surface area (Å²) in [5.41, 5.74) is 0. The predicted molar refractivity (Wildman–Crippen MR) is 97.5 cm³/mol. The molecule has 0 aliphatic rings. The molecule has 0 saturated carbocycles. The molecule has 4 nitrogen and oxygen atoms in total. The first-order valence-corrected chi connectivity index (χ1v) is 9.78. The van der Waals surface area contributed by atoms with Crippen molar-refractivity contribution in [2.24, 2.45) is 0 Å². The third kappa shape index (κ3) is 24.3. The number of carboxylic acids is 1. The number of nitrogens with one attached hydrogen (secondary N) is 1. The first-order valence-electron chi connectivity index (χ1n) is 9.78. The van der Waals surface area contributed by atoms with Crippen molar-refractivity contribution in [1.29, 1.82) is 0 Å². The van der Waals surface area contributed by atoms with Crippen molar-refractivity contribution >= 4 is 11.9 Å². The van der Waals surface area contributed by atoms with Crippen LogP contribution in [0.3, 0.4) is 0 Å². The fraction of sp³-hybridized carbons (Fsp3) is 0.800. The second-order valence-electron chi connectivity index (χ2n) is 6.48. The maximum absolute atomic E-state index is 11.3. The average Bonchev–Trinajstić information content (AvgIpc) is 2.56. The molecule has 0 spiro atoms. The monoisotopic (exact) mass is 377 g/mol. The van der Waals surface area contributed by atoms with Crippen LogP contribution in [0.15, 0.2) is 12.2 Å². The van der Waals surface area contributed by atoms with Crippen molar-refractivity contribution < 1.29 is 66.1 Å². The smallest absolute Gasteiger partial charge is 0.548 e. The third-order valence-corrected chi connectivity index (χ3v) is 4.10. The van der Waals surface area contributed by atoms with E-state index in [4.69, 9.17) is 0 Å². The first kappa shape index (κ1) is 27.5. The molecule has 140 valence electrons. The van der Waals surface area contributed by atoms with Crippen molar-refractivity contribution in [3.05, 3.63) is 12.2 Å². The number of allylic oxidation sites excluding steroid dienone is 2. The molecular weight excluding hydrogens is 341 g/mol. The second kappa shape index (κ2) is 22.4. The molecule has 1 amide bonds. The van der Waals surface area contributed by atoms with Crippen LogP contribution >= 0.6 is 0 Å². The number of hydrogen-bond donors (Lipinski definition) is 1. The molecule has 25 heavy (non-hydrogen) atoms. The van der Waals surface area contributed by atoms with E-state index in [1.165, 1.54) is 57.8 Å². The minimum atomic E-state index is -1.24. The molecule has 0 aliphatic carbocycles. The van der Waals surface area contributed by atoms with E-state index in [2.05, 4.69) is 24.4 Å². The third-order valence-electron chi connectivity index (χ3n) is 4.10. The van der Waals surface area contributed by atoms with E-state index in [1.807, 2.05) is 0 Å². The van der Waals surface area contributed by atoms with Gasteiger partial charge in [-0.15, -0.1) is 0 Å². The van der Waals surface area contributed by atoms with Crippen LogP contribution in [0.25, 0.3) is 0 Å². The summed E-state index contributed by atoms with van der Waals surface area (Å²) in [5, 5.41) is 12.5. The minimum Gasteiger partial charge on any atom is -0.548 e. The zero-order valence-electron chi connectivity index (χ0n) is 16.5. The van der Waals surface area contributed by atoms with Crippen LogP contribution in [-0.2, 0) is 9.59 Å². The van der Waals surface area contributed by atoms with Gasteiger partial charge in [0.15, 0.2) is 0 Å². The molecule has 0 unspecified atom stereocenters. The van der Waals surface area contributed by atoms with E-state index < -0.39 is 5.97 Å². The number of unbranched alkanes of at least 4 members (excludes halogenated alkanes) is 11. The molecule has 0 saturated heterocycles. The fourth-order valence-electron chi connectivity index (χ4n) is 2.62. The molecule has 1 N–H and O–H groups in total. The van der Waals surface area contributed by atoms with Crippen molar-refractivity contribution in [1.82, 2.24) is 5.32 Å². The summed E-state index contributed by atoms with van der Waals surface area (Å²) in [6.07, 6.45) is 20.9. The average molecular weight is 378 g/mol.